The molecule has 0 aliphatic heterocycles. The summed E-state index contributed by atoms with van der Waals surface area (Å²) in [7, 11) is -3.51. The van der Waals surface area contributed by atoms with E-state index in [0.717, 1.165) is 11.1 Å². The summed E-state index contributed by atoms with van der Waals surface area (Å²) in [6, 6.07) is 13.6. The molecule has 1 aromatic heterocycles. The molecule has 0 bridgehead atoms. The van der Waals surface area contributed by atoms with Gasteiger partial charge in [-0.25, -0.2) is 18.4 Å². The molecule has 3 aromatic rings. The number of rotatable bonds is 7. The molecule has 0 spiro atoms. The van der Waals surface area contributed by atoms with E-state index in [1.807, 2.05) is 13.8 Å². The van der Waals surface area contributed by atoms with Gasteiger partial charge in [0, 0.05) is 24.5 Å². The molecular weight excluding hydrogens is 390 g/mol. The van der Waals surface area contributed by atoms with Crippen molar-refractivity contribution in [3.05, 3.63) is 72.1 Å². The van der Waals surface area contributed by atoms with Gasteiger partial charge in [0.05, 0.1) is 10.6 Å². The van der Waals surface area contributed by atoms with Crippen LogP contribution < -0.4 is 10.1 Å². The predicted molar refractivity (Wildman–Crippen MR) is 110 cm³/mol. The van der Waals surface area contributed by atoms with Crippen LogP contribution in [0.25, 0.3) is 0 Å². The van der Waals surface area contributed by atoms with Gasteiger partial charge in [-0.3, -0.25) is 4.79 Å². The lowest BCUT2D eigenvalue weighted by atomic mass is 10.2. The van der Waals surface area contributed by atoms with E-state index < -0.39 is 9.84 Å². The van der Waals surface area contributed by atoms with Gasteiger partial charge < -0.3 is 10.1 Å². The first-order chi connectivity index (χ1) is 13.8. The number of benzene rings is 2. The molecule has 7 nitrogen and oxygen atoms in total. The summed E-state index contributed by atoms with van der Waals surface area (Å²) in [5.74, 6) is -0.0921. The molecule has 3 rings (SSSR count). The molecule has 0 saturated heterocycles. The number of carbonyl (C=O) groups is 1. The standard InChI is InChI=1S/C21H21N3O4S/c1-15-4-7-18(8-5-15)29(26,27)13-10-20(25)24-19-9-6-17(14-16(19)2)28-21-22-11-3-12-23-21/h3-9,11-12,14H,10,13H2,1-2H3,(H,24,25). The zero-order valence-electron chi connectivity index (χ0n) is 16.1. The minimum atomic E-state index is -3.51. The summed E-state index contributed by atoms with van der Waals surface area (Å²) >= 11 is 0. The van der Waals surface area contributed by atoms with Crippen LogP contribution in [0, 0.1) is 13.8 Å². The highest BCUT2D eigenvalue weighted by molar-refractivity contribution is 7.91. The maximum atomic E-state index is 12.4. The molecule has 1 amide bonds. The van der Waals surface area contributed by atoms with Gasteiger partial charge in [-0.15, -0.1) is 0 Å². The summed E-state index contributed by atoms with van der Waals surface area (Å²) in [4.78, 5) is 20.4. The molecule has 0 saturated carbocycles. The van der Waals surface area contributed by atoms with Crippen molar-refractivity contribution in [2.24, 2.45) is 0 Å². The van der Waals surface area contributed by atoms with Crippen LogP contribution in [0.15, 0.2) is 65.8 Å². The second-order valence-electron chi connectivity index (χ2n) is 6.54. The average Bonchev–Trinajstić information content (AvgIpc) is 2.70. The second kappa shape index (κ2) is 8.83. The minimum absolute atomic E-state index is 0.133. The van der Waals surface area contributed by atoms with Crippen molar-refractivity contribution in [3.8, 4) is 11.8 Å². The summed E-state index contributed by atoms with van der Waals surface area (Å²) in [5.41, 5.74) is 2.33. The third-order valence-electron chi connectivity index (χ3n) is 4.20. The molecule has 8 heteroatoms. The zero-order chi connectivity index (χ0) is 20.9. The van der Waals surface area contributed by atoms with Gasteiger partial charge in [-0.1, -0.05) is 17.7 Å². The van der Waals surface area contributed by atoms with Gasteiger partial charge in [-0.2, -0.15) is 0 Å². The van der Waals surface area contributed by atoms with Crippen LogP contribution in [0.1, 0.15) is 17.5 Å². The van der Waals surface area contributed by atoms with Crippen molar-refractivity contribution in [1.82, 2.24) is 9.97 Å². The number of hydrogen-bond acceptors (Lipinski definition) is 6. The van der Waals surface area contributed by atoms with Crippen LogP contribution in [-0.4, -0.2) is 30.0 Å². The van der Waals surface area contributed by atoms with E-state index in [2.05, 4.69) is 15.3 Å². The van der Waals surface area contributed by atoms with E-state index in [-0.39, 0.29) is 29.0 Å². The molecular formula is C21H21N3O4S. The SMILES string of the molecule is Cc1ccc(S(=O)(=O)CCC(=O)Nc2ccc(Oc3ncccn3)cc2C)cc1. The number of carbonyl (C=O) groups excluding carboxylic acids is 1. The summed E-state index contributed by atoms with van der Waals surface area (Å²) < 4.78 is 30.3. The van der Waals surface area contributed by atoms with Crippen LogP contribution in [0.3, 0.4) is 0 Å². The summed E-state index contributed by atoms with van der Waals surface area (Å²) in [5, 5.41) is 2.74. The molecule has 29 heavy (non-hydrogen) atoms. The summed E-state index contributed by atoms with van der Waals surface area (Å²) in [6.45, 7) is 3.70. The van der Waals surface area contributed by atoms with Crippen molar-refractivity contribution in [2.45, 2.75) is 25.2 Å². The number of nitrogens with zero attached hydrogens (tertiary/aromatic N) is 2. The number of anilines is 1. The van der Waals surface area contributed by atoms with Crippen LogP contribution in [-0.2, 0) is 14.6 Å². The first-order valence-corrected chi connectivity index (χ1v) is 10.6. The second-order valence-corrected chi connectivity index (χ2v) is 8.65. The molecule has 2 aromatic carbocycles. The molecule has 0 radical (unpaired) electrons. The number of aryl methyl sites for hydroxylation is 2. The van der Waals surface area contributed by atoms with E-state index in [4.69, 9.17) is 4.74 Å². The highest BCUT2D eigenvalue weighted by Crippen LogP contribution is 2.24. The third-order valence-corrected chi connectivity index (χ3v) is 5.93. The van der Waals surface area contributed by atoms with Gasteiger partial charge >= 0.3 is 6.01 Å². The third kappa shape index (κ3) is 5.61. The maximum absolute atomic E-state index is 12.4. The Balaban J connectivity index is 1.59. The Kier molecular flexibility index (Phi) is 6.23. The van der Waals surface area contributed by atoms with Gasteiger partial charge in [0.25, 0.3) is 0 Å². The van der Waals surface area contributed by atoms with Gasteiger partial charge in [-0.05, 0) is 55.8 Å². The van der Waals surface area contributed by atoms with E-state index in [9.17, 15) is 13.2 Å². The van der Waals surface area contributed by atoms with E-state index in [1.165, 1.54) is 0 Å². The average molecular weight is 411 g/mol. The molecule has 0 unspecified atom stereocenters. The van der Waals surface area contributed by atoms with Crippen LogP contribution in [0.2, 0.25) is 0 Å². The Morgan fingerprint density at radius 1 is 1.03 bits per heavy atom. The molecule has 1 N–H and O–H groups in total. The van der Waals surface area contributed by atoms with Crippen molar-refractivity contribution in [2.75, 3.05) is 11.1 Å². The topological polar surface area (TPSA) is 98.2 Å². The smallest absolute Gasteiger partial charge is 0.321 e. The maximum Gasteiger partial charge on any atom is 0.321 e. The molecule has 150 valence electrons. The minimum Gasteiger partial charge on any atom is -0.424 e. The Hall–Kier alpha value is -3.26. The first kappa shape index (κ1) is 20.5. The van der Waals surface area contributed by atoms with Gasteiger partial charge in [0.1, 0.15) is 5.75 Å². The van der Waals surface area contributed by atoms with E-state index >= 15 is 0 Å². The normalized spacial score (nSPS) is 11.1. The molecule has 0 aliphatic carbocycles. The molecule has 1 heterocycles. The Bertz CT molecular complexity index is 1100. The molecule has 0 aliphatic rings. The van der Waals surface area contributed by atoms with Crippen molar-refractivity contribution in [1.29, 1.82) is 0 Å². The number of amides is 1. The van der Waals surface area contributed by atoms with Gasteiger partial charge in [0.2, 0.25) is 5.91 Å². The van der Waals surface area contributed by atoms with Gasteiger partial charge in [0.15, 0.2) is 9.84 Å². The van der Waals surface area contributed by atoms with E-state index in [0.29, 0.717) is 11.4 Å². The number of hydrogen-bond donors (Lipinski definition) is 1. The Morgan fingerprint density at radius 3 is 2.38 bits per heavy atom. The highest BCUT2D eigenvalue weighted by Gasteiger charge is 2.17. The lowest BCUT2D eigenvalue weighted by molar-refractivity contribution is -0.115. The van der Waals surface area contributed by atoms with Crippen LogP contribution in [0.5, 0.6) is 11.8 Å². The molecule has 0 atom stereocenters. The van der Waals surface area contributed by atoms with Crippen molar-refractivity contribution < 1.29 is 17.9 Å². The first-order valence-electron chi connectivity index (χ1n) is 8.98. The largest absolute Gasteiger partial charge is 0.424 e. The predicted octanol–water partition coefficient (Wildman–Crippen LogP) is 3.69. The van der Waals surface area contributed by atoms with Crippen molar-refractivity contribution >= 4 is 21.4 Å². The fourth-order valence-corrected chi connectivity index (χ4v) is 3.83. The number of sulfone groups is 1. The van der Waals surface area contributed by atoms with Crippen LogP contribution >= 0.6 is 0 Å². The number of aromatic nitrogens is 2. The zero-order valence-corrected chi connectivity index (χ0v) is 16.9. The summed E-state index contributed by atoms with van der Waals surface area (Å²) in [6.07, 6.45) is 3.02. The van der Waals surface area contributed by atoms with Crippen molar-refractivity contribution in [3.63, 3.8) is 0 Å². The fraction of sp³-hybridized carbons (Fsp3) is 0.190. The molecule has 0 fully saturated rings. The Morgan fingerprint density at radius 2 is 1.72 bits per heavy atom. The quantitative estimate of drug-likeness (QED) is 0.637. The monoisotopic (exact) mass is 411 g/mol. The fourth-order valence-electron chi connectivity index (χ4n) is 2.59. The number of nitrogens with one attached hydrogen (secondary N) is 1. The lowest BCUT2D eigenvalue weighted by Gasteiger charge is -2.11. The Labute approximate surface area is 169 Å². The number of ether oxygens (including phenoxy) is 1. The lowest BCUT2D eigenvalue weighted by Crippen LogP contribution is -2.18. The highest BCUT2D eigenvalue weighted by atomic mass is 32.2. The van der Waals surface area contributed by atoms with Crippen LogP contribution in [0.4, 0.5) is 5.69 Å². The van der Waals surface area contributed by atoms with E-state index in [1.54, 1.807) is 60.9 Å².